The molecule has 1 fully saturated rings. The van der Waals surface area contributed by atoms with Gasteiger partial charge in [0, 0.05) is 24.6 Å². The van der Waals surface area contributed by atoms with Crippen molar-refractivity contribution in [2.45, 2.75) is 45.1 Å². The molecule has 0 radical (unpaired) electrons. The minimum absolute atomic E-state index is 0.216. The Labute approximate surface area is 155 Å². The maximum Gasteiger partial charge on any atom is 0.276 e. The lowest BCUT2D eigenvalue weighted by molar-refractivity contribution is 0.0247. The van der Waals surface area contributed by atoms with E-state index in [1.807, 2.05) is 30.3 Å². The summed E-state index contributed by atoms with van der Waals surface area (Å²) in [4.78, 5) is 21.9. The number of benzene rings is 1. The van der Waals surface area contributed by atoms with Gasteiger partial charge in [0.2, 0.25) is 0 Å². The van der Waals surface area contributed by atoms with Crippen LogP contribution in [0.1, 0.15) is 54.4 Å². The lowest BCUT2D eigenvalue weighted by Crippen LogP contribution is -2.26. The molecule has 0 spiro atoms. The number of carbonyl (C=O) groups is 1. The van der Waals surface area contributed by atoms with Crippen molar-refractivity contribution in [3.05, 3.63) is 59.9 Å². The fraction of sp³-hybridized carbons (Fsp3) is 0.429. The molecule has 0 bridgehead atoms. The molecule has 1 amide bonds. The van der Waals surface area contributed by atoms with Crippen molar-refractivity contribution < 1.29 is 9.63 Å². The highest BCUT2D eigenvalue weighted by Gasteiger charge is 2.14. The zero-order chi connectivity index (χ0) is 18.0. The third-order valence-electron chi connectivity index (χ3n) is 4.92. The van der Waals surface area contributed by atoms with Crippen LogP contribution < -0.4 is 10.8 Å². The van der Waals surface area contributed by atoms with Crippen LogP contribution in [0, 0.1) is 5.92 Å². The first-order chi connectivity index (χ1) is 12.8. The van der Waals surface area contributed by atoms with Gasteiger partial charge in [-0.2, -0.15) is 0 Å². The van der Waals surface area contributed by atoms with Crippen molar-refractivity contribution in [1.29, 1.82) is 0 Å². The van der Waals surface area contributed by atoms with Gasteiger partial charge in [-0.15, -0.1) is 0 Å². The zero-order valence-electron chi connectivity index (χ0n) is 15.1. The molecule has 1 aliphatic rings. The second-order valence-electron chi connectivity index (χ2n) is 6.83. The summed E-state index contributed by atoms with van der Waals surface area (Å²) in [7, 11) is 0. The number of nitrogens with zero attached hydrogens (tertiary/aromatic N) is 1. The smallest absolute Gasteiger partial charge is 0.276 e. The Hall–Kier alpha value is -2.40. The first-order valence-electron chi connectivity index (χ1n) is 9.47. The number of para-hydroxylation sites is 1. The predicted octanol–water partition coefficient (Wildman–Crippen LogP) is 4.33. The van der Waals surface area contributed by atoms with E-state index < -0.39 is 0 Å². The number of anilines is 1. The quantitative estimate of drug-likeness (QED) is 0.548. The maximum atomic E-state index is 12.4. The Morgan fingerprint density at radius 1 is 1.08 bits per heavy atom. The fourth-order valence-electron chi connectivity index (χ4n) is 3.41. The molecule has 26 heavy (non-hydrogen) atoms. The molecular weight excluding hydrogens is 326 g/mol. The topological polar surface area (TPSA) is 63.2 Å². The van der Waals surface area contributed by atoms with Crippen LogP contribution >= 0.6 is 0 Å². The average Bonchev–Trinajstić information content (AvgIpc) is 2.71. The van der Waals surface area contributed by atoms with Gasteiger partial charge in [-0.3, -0.25) is 14.6 Å². The molecule has 0 aliphatic heterocycles. The van der Waals surface area contributed by atoms with Crippen molar-refractivity contribution in [3.63, 3.8) is 0 Å². The summed E-state index contributed by atoms with van der Waals surface area (Å²) in [5.41, 5.74) is 5.07. The van der Waals surface area contributed by atoms with Gasteiger partial charge in [0.15, 0.2) is 0 Å². The SMILES string of the molecule is O=C(NOCCC1CCCCC1)c1ccccc1NCc1ccncc1. The van der Waals surface area contributed by atoms with Crippen LogP contribution in [0.4, 0.5) is 5.69 Å². The normalized spacial score (nSPS) is 14.8. The number of amides is 1. The minimum atomic E-state index is -0.216. The summed E-state index contributed by atoms with van der Waals surface area (Å²) in [6.07, 6.45) is 11.1. The average molecular weight is 353 g/mol. The summed E-state index contributed by atoms with van der Waals surface area (Å²) < 4.78 is 0. The Morgan fingerprint density at radius 3 is 2.65 bits per heavy atom. The van der Waals surface area contributed by atoms with Gasteiger partial charge in [-0.25, -0.2) is 5.48 Å². The molecule has 1 saturated carbocycles. The number of hydroxylamine groups is 1. The largest absolute Gasteiger partial charge is 0.380 e. The monoisotopic (exact) mass is 353 g/mol. The van der Waals surface area contributed by atoms with Gasteiger partial charge >= 0.3 is 0 Å². The van der Waals surface area contributed by atoms with Crippen molar-refractivity contribution in [1.82, 2.24) is 10.5 Å². The molecule has 0 saturated heterocycles. The van der Waals surface area contributed by atoms with E-state index in [9.17, 15) is 4.79 Å². The summed E-state index contributed by atoms with van der Waals surface area (Å²) in [6, 6.07) is 11.4. The molecular formula is C21H27N3O2. The molecule has 2 N–H and O–H groups in total. The molecule has 1 aliphatic carbocycles. The zero-order valence-corrected chi connectivity index (χ0v) is 15.1. The van der Waals surface area contributed by atoms with Crippen molar-refractivity contribution in [2.24, 2.45) is 5.92 Å². The number of aromatic nitrogens is 1. The lowest BCUT2D eigenvalue weighted by atomic mass is 9.87. The summed E-state index contributed by atoms with van der Waals surface area (Å²) >= 11 is 0. The van der Waals surface area contributed by atoms with E-state index in [2.05, 4.69) is 15.8 Å². The van der Waals surface area contributed by atoms with Crippen LogP contribution in [0.15, 0.2) is 48.8 Å². The van der Waals surface area contributed by atoms with Crippen LogP contribution in [0.2, 0.25) is 0 Å². The lowest BCUT2D eigenvalue weighted by Gasteiger charge is -2.21. The second-order valence-corrected chi connectivity index (χ2v) is 6.83. The Morgan fingerprint density at radius 2 is 1.85 bits per heavy atom. The molecule has 5 nitrogen and oxygen atoms in total. The predicted molar refractivity (Wildman–Crippen MR) is 103 cm³/mol. The Balaban J connectivity index is 1.47. The van der Waals surface area contributed by atoms with E-state index >= 15 is 0 Å². The van der Waals surface area contributed by atoms with Gasteiger partial charge in [-0.05, 0) is 42.2 Å². The molecule has 138 valence electrons. The van der Waals surface area contributed by atoms with Crippen LogP contribution in [0.5, 0.6) is 0 Å². The Bertz CT molecular complexity index is 685. The fourth-order valence-corrected chi connectivity index (χ4v) is 3.41. The van der Waals surface area contributed by atoms with Gasteiger partial charge < -0.3 is 5.32 Å². The summed E-state index contributed by atoms with van der Waals surface area (Å²) in [5.74, 6) is 0.529. The van der Waals surface area contributed by atoms with Crippen molar-refractivity contribution in [3.8, 4) is 0 Å². The van der Waals surface area contributed by atoms with Gasteiger partial charge in [0.1, 0.15) is 0 Å². The molecule has 0 atom stereocenters. The number of hydrogen-bond donors (Lipinski definition) is 2. The Kier molecular flexibility index (Phi) is 7.02. The van der Waals surface area contributed by atoms with Crippen LogP contribution in [0.3, 0.4) is 0 Å². The molecule has 1 aromatic carbocycles. The highest BCUT2D eigenvalue weighted by atomic mass is 16.6. The highest BCUT2D eigenvalue weighted by Crippen LogP contribution is 2.26. The third kappa shape index (κ3) is 5.56. The molecule has 1 heterocycles. The van der Waals surface area contributed by atoms with Crippen molar-refractivity contribution in [2.75, 3.05) is 11.9 Å². The number of nitrogens with one attached hydrogen (secondary N) is 2. The molecule has 2 aromatic rings. The van der Waals surface area contributed by atoms with Crippen molar-refractivity contribution >= 4 is 11.6 Å². The summed E-state index contributed by atoms with van der Waals surface area (Å²) in [5, 5.41) is 3.31. The van der Waals surface area contributed by atoms with E-state index in [1.165, 1.54) is 32.1 Å². The van der Waals surface area contributed by atoms with E-state index in [4.69, 9.17) is 4.84 Å². The van der Waals surface area contributed by atoms with E-state index in [0.29, 0.717) is 18.7 Å². The number of hydrogen-bond acceptors (Lipinski definition) is 4. The maximum absolute atomic E-state index is 12.4. The van der Waals surface area contributed by atoms with Crippen LogP contribution in [-0.2, 0) is 11.4 Å². The summed E-state index contributed by atoms with van der Waals surface area (Å²) in [6.45, 7) is 1.21. The number of carbonyl (C=O) groups excluding carboxylic acids is 1. The van der Waals surface area contributed by atoms with E-state index in [0.717, 1.165) is 23.6 Å². The van der Waals surface area contributed by atoms with E-state index in [1.54, 1.807) is 18.5 Å². The van der Waals surface area contributed by atoms with Gasteiger partial charge in [0.05, 0.1) is 12.2 Å². The highest BCUT2D eigenvalue weighted by molar-refractivity contribution is 5.98. The molecule has 1 aromatic heterocycles. The van der Waals surface area contributed by atoms with Crippen LogP contribution in [-0.4, -0.2) is 17.5 Å². The number of pyridine rings is 1. The van der Waals surface area contributed by atoms with Gasteiger partial charge in [-0.1, -0.05) is 44.2 Å². The first kappa shape index (κ1) is 18.4. The first-order valence-corrected chi connectivity index (χ1v) is 9.47. The molecule has 3 rings (SSSR count). The van der Waals surface area contributed by atoms with Crippen LogP contribution in [0.25, 0.3) is 0 Å². The third-order valence-corrected chi connectivity index (χ3v) is 4.92. The standard InChI is InChI=1S/C21H27N3O2/c25-21(24-26-15-12-17-6-2-1-3-7-17)19-8-4-5-9-20(19)23-16-18-10-13-22-14-11-18/h4-5,8-11,13-14,17,23H,1-3,6-7,12,15-16H2,(H,24,25). The number of rotatable bonds is 8. The van der Waals surface area contributed by atoms with E-state index in [-0.39, 0.29) is 5.91 Å². The van der Waals surface area contributed by atoms with Gasteiger partial charge in [0.25, 0.3) is 5.91 Å². The molecule has 0 unspecified atom stereocenters. The second kappa shape index (κ2) is 9.92. The minimum Gasteiger partial charge on any atom is -0.380 e. The molecule has 5 heteroatoms.